The molecule has 3 nitrogen and oxygen atoms in total. The van der Waals surface area contributed by atoms with E-state index in [4.69, 9.17) is 0 Å². The third-order valence-electron chi connectivity index (χ3n) is 6.46. The third-order valence-corrected chi connectivity index (χ3v) is 6.46. The molecule has 0 amide bonds. The van der Waals surface area contributed by atoms with Crippen LogP contribution >= 0.6 is 0 Å². The zero-order chi connectivity index (χ0) is 21.3. The predicted molar refractivity (Wildman–Crippen MR) is 128 cm³/mol. The van der Waals surface area contributed by atoms with Gasteiger partial charge in [0.1, 0.15) is 5.52 Å². The molecule has 1 aliphatic heterocycles. The van der Waals surface area contributed by atoms with Gasteiger partial charge in [0.2, 0.25) is 0 Å². The number of nitrogens with zero attached hydrogens (tertiary/aromatic N) is 3. The number of anilines is 2. The smallest absolute Gasteiger partial charge is 0.269 e. The molecule has 0 atom stereocenters. The molecular formula is C28H25N3. The van der Waals surface area contributed by atoms with Crippen LogP contribution in [0, 0.1) is 6.33 Å². The highest BCUT2D eigenvalue weighted by Gasteiger charge is 2.25. The van der Waals surface area contributed by atoms with E-state index < -0.39 is 0 Å². The maximum absolute atomic E-state index is 3.65. The van der Waals surface area contributed by atoms with Crippen LogP contribution in [0.4, 0.5) is 11.4 Å². The maximum Gasteiger partial charge on any atom is 0.269 e. The van der Waals surface area contributed by atoms with Crippen molar-refractivity contribution in [2.45, 2.75) is 26.2 Å². The molecule has 31 heavy (non-hydrogen) atoms. The van der Waals surface area contributed by atoms with Gasteiger partial charge in [0, 0.05) is 12.7 Å². The number of rotatable bonds is 1. The van der Waals surface area contributed by atoms with Crippen LogP contribution in [0.15, 0.2) is 78.9 Å². The van der Waals surface area contributed by atoms with Crippen molar-refractivity contribution >= 4 is 33.2 Å². The average molecular weight is 404 g/mol. The Labute approximate surface area is 182 Å². The summed E-state index contributed by atoms with van der Waals surface area (Å²) in [7, 11) is 2.15. The van der Waals surface area contributed by atoms with Crippen molar-refractivity contribution in [1.82, 2.24) is 4.57 Å². The number of hydrogen-bond donors (Lipinski definition) is 0. The fraction of sp³-hybridized carbons (Fsp3) is 0.179. The first-order valence-electron chi connectivity index (χ1n) is 10.8. The molecule has 152 valence electrons. The van der Waals surface area contributed by atoms with Gasteiger partial charge in [0.05, 0.1) is 22.6 Å². The molecule has 6 rings (SSSR count). The van der Waals surface area contributed by atoms with Crippen LogP contribution in [0.2, 0.25) is 0 Å². The number of imidazole rings is 1. The topological polar surface area (TPSA) is 12.1 Å². The molecule has 0 fully saturated rings. The quantitative estimate of drug-likeness (QED) is 0.238. The van der Waals surface area contributed by atoms with Crippen LogP contribution in [0.25, 0.3) is 33.2 Å². The summed E-state index contributed by atoms with van der Waals surface area (Å²) < 4.78 is 4.41. The summed E-state index contributed by atoms with van der Waals surface area (Å²) in [4.78, 5) is 2.30. The number of fused-ring (bicyclic) bond motifs is 3. The van der Waals surface area contributed by atoms with E-state index in [1.165, 1.54) is 33.2 Å². The van der Waals surface area contributed by atoms with E-state index >= 15 is 0 Å². The van der Waals surface area contributed by atoms with E-state index in [0.29, 0.717) is 0 Å². The summed E-state index contributed by atoms with van der Waals surface area (Å²) >= 11 is 0. The second-order valence-electron chi connectivity index (χ2n) is 9.46. The molecule has 0 aliphatic carbocycles. The summed E-state index contributed by atoms with van der Waals surface area (Å²) in [6, 6.07) is 28.5. The predicted octanol–water partition coefficient (Wildman–Crippen LogP) is 6.24. The van der Waals surface area contributed by atoms with Gasteiger partial charge in [0.25, 0.3) is 6.33 Å². The van der Waals surface area contributed by atoms with Gasteiger partial charge >= 0.3 is 0 Å². The first kappa shape index (κ1) is 18.2. The molecule has 0 saturated heterocycles. The average Bonchev–Trinajstić information content (AvgIpc) is 3.16. The first-order valence-corrected chi connectivity index (χ1v) is 10.8. The Morgan fingerprint density at radius 1 is 0.774 bits per heavy atom. The lowest BCUT2D eigenvalue weighted by molar-refractivity contribution is -0.572. The van der Waals surface area contributed by atoms with E-state index in [-0.39, 0.29) is 5.41 Å². The van der Waals surface area contributed by atoms with Gasteiger partial charge in [-0.25, -0.2) is 0 Å². The lowest BCUT2D eigenvalue weighted by Gasteiger charge is -2.29. The van der Waals surface area contributed by atoms with Gasteiger partial charge in [-0.1, -0.05) is 69.3 Å². The molecule has 3 heteroatoms. The molecule has 0 saturated carbocycles. The molecule has 0 radical (unpaired) electrons. The fourth-order valence-electron chi connectivity index (χ4n) is 4.68. The molecule has 0 spiro atoms. The molecule has 5 aromatic rings. The summed E-state index contributed by atoms with van der Waals surface area (Å²) in [5, 5.41) is 2.49. The minimum absolute atomic E-state index is 0.139. The van der Waals surface area contributed by atoms with E-state index in [1.54, 1.807) is 0 Å². The second kappa shape index (κ2) is 6.21. The van der Waals surface area contributed by atoms with Gasteiger partial charge in [-0.15, -0.1) is 0 Å². The Kier molecular flexibility index (Phi) is 3.64. The van der Waals surface area contributed by atoms with Gasteiger partial charge in [-0.2, -0.15) is 0 Å². The van der Waals surface area contributed by atoms with Crippen molar-refractivity contribution in [1.29, 1.82) is 0 Å². The summed E-state index contributed by atoms with van der Waals surface area (Å²) in [6.45, 7) is 6.75. The van der Waals surface area contributed by atoms with Crippen LogP contribution in [0.3, 0.4) is 0 Å². The Morgan fingerprint density at radius 3 is 2.19 bits per heavy atom. The Morgan fingerprint density at radius 2 is 1.48 bits per heavy atom. The highest BCUT2D eigenvalue weighted by atomic mass is 15.2. The summed E-state index contributed by atoms with van der Waals surface area (Å²) in [5.41, 5.74) is 8.50. The largest absolute Gasteiger partial charge is 0.351 e. The van der Waals surface area contributed by atoms with Crippen LogP contribution in [0.5, 0.6) is 0 Å². The zero-order valence-corrected chi connectivity index (χ0v) is 18.3. The fourth-order valence-corrected chi connectivity index (χ4v) is 4.68. The highest BCUT2D eigenvalue weighted by molar-refractivity contribution is 5.97. The lowest BCUT2D eigenvalue weighted by Crippen LogP contribution is -2.36. The number of para-hydroxylation sites is 1. The van der Waals surface area contributed by atoms with Crippen molar-refractivity contribution in [3.8, 4) is 11.4 Å². The first-order chi connectivity index (χ1) is 14.9. The minimum atomic E-state index is 0.139. The van der Waals surface area contributed by atoms with E-state index in [2.05, 4.69) is 127 Å². The molecule has 0 N–H and O–H groups in total. The second-order valence-corrected chi connectivity index (χ2v) is 9.46. The normalized spacial score (nSPS) is 13.1. The van der Waals surface area contributed by atoms with Crippen LogP contribution in [0.1, 0.15) is 26.3 Å². The van der Waals surface area contributed by atoms with Gasteiger partial charge < -0.3 is 4.90 Å². The van der Waals surface area contributed by atoms with E-state index in [1.807, 2.05) is 0 Å². The molecule has 1 aromatic heterocycles. The molecular weight excluding hydrogens is 378 g/mol. The maximum atomic E-state index is 3.65. The van der Waals surface area contributed by atoms with E-state index in [9.17, 15) is 0 Å². The standard InChI is InChI=1S/C28H25N3/c1-28(2,3)21-12-14-22(15-13-21)30-18-31-26-17-20-9-6-5-8-19(20)16-25(26)29(4)23-10-7-11-24(30)27(23)31/h5-17H,1-4H3. The van der Waals surface area contributed by atoms with Crippen molar-refractivity contribution in [3.63, 3.8) is 0 Å². The Bertz CT molecular complexity index is 1470. The number of hydrogen-bond acceptors (Lipinski definition) is 1. The molecule has 0 bridgehead atoms. The minimum Gasteiger partial charge on any atom is -0.351 e. The number of benzene rings is 4. The summed E-state index contributed by atoms with van der Waals surface area (Å²) in [6.07, 6.45) is 3.65. The Hall–Kier alpha value is -3.59. The van der Waals surface area contributed by atoms with E-state index in [0.717, 1.165) is 16.9 Å². The Balaban J connectivity index is 1.62. The van der Waals surface area contributed by atoms with Crippen LogP contribution in [-0.4, -0.2) is 11.6 Å². The van der Waals surface area contributed by atoms with Gasteiger partial charge in [-0.05, 0) is 52.1 Å². The number of aromatic nitrogens is 2. The third kappa shape index (κ3) is 2.63. The summed E-state index contributed by atoms with van der Waals surface area (Å²) in [5.74, 6) is 0. The lowest BCUT2D eigenvalue weighted by atomic mass is 9.87. The molecule has 0 unspecified atom stereocenters. The van der Waals surface area contributed by atoms with Crippen LogP contribution in [-0.2, 0) is 5.41 Å². The van der Waals surface area contributed by atoms with Crippen molar-refractivity contribution in [2.24, 2.45) is 0 Å². The molecule has 2 heterocycles. The van der Waals surface area contributed by atoms with Gasteiger partial charge in [-0.3, -0.25) is 9.13 Å². The molecule has 4 aromatic carbocycles. The van der Waals surface area contributed by atoms with Crippen molar-refractivity contribution in [3.05, 3.63) is 90.8 Å². The zero-order valence-electron chi connectivity index (χ0n) is 18.3. The van der Waals surface area contributed by atoms with Crippen molar-refractivity contribution in [2.75, 3.05) is 11.9 Å². The SMILES string of the molecule is CN1c2cc3ccccc3cc2-[n+]2[c-]n(-c3ccc(C(C)(C)C)cc3)c3cccc1c32. The highest BCUT2D eigenvalue weighted by Crippen LogP contribution is 2.39. The molecule has 1 aliphatic rings. The monoisotopic (exact) mass is 403 g/mol. The van der Waals surface area contributed by atoms with Crippen LogP contribution < -0.4 is 9.47 Å². The van der Waals surface area contributed by atoms with Crippen molar-refractivity contribution < 1.29 is 4.57 Å². The van der Waals surface area contributed by atoms with Gasteiger partial charge in [0.15, 0.2) is 0 Å².